The van der Waals surface area contributed by atoms with Gasteiger partial charge in [0, 0.05) is 18.8 Å². The van der Waals surface area contributed by atoms with Gasteiger partial charge in [0.25, 0.3) is 5.91 Å². The number of aromatic hydroxyl groups is 1. The van der Waals surface area contributed by atoms with Crippen LogP contribution in [0.2, 0.25) is 0 Å². The Morgan fingerprint density at radius 2 is 1.84 bits per heavy atom. The predicted molar refractivity (Wildman–Crippen MR) is 93.0 cm³/mol. The normalized spacial score (nSPS) is 20.0. The third kappa shape index (κ3) is 2.42. The van der Waals surface area contributed by atoms with E-state index in [9.17, 15) is 14.7 Å². The van der Waals surface area contributed by atoms with Crippen LogP contribution in [0, 0.1) is 0 Å². The van der Waals surface area contributed by atoms with Crippen molar-refractivity contribution in [3.8, 4) is 5.75 Å². The standard InChI is InChI=1S/C19H17N3O3/c1-21-15-11-22(13-8-5-9-14(23)10-13)18(24)16(15)17(20-19(21)25)12-6-3-2-4-7-12/h2-10,17,23H,11H2,1H3,(H,20,25)/t17-/m1/s1. The number of hydrogen-bond donors (Lipinski definition) is 2. The molecule has 0 aliphatic carbocycles. The maximum Gasteiger partial charge on any atom is 0.322 e. The molecule has 2 aromatic carbocycles. The van der Waals surface area contributed by atoms with Gasteiger partial charge in [-0.2, -0.15) is 0 Å². The fraction of sp³-hybridized carbons (Fsp3) is 0.158. The molecule has 0 unspecified atom stereocenters. The lowest BCUT2D eigenvalue weighted by atomic mass is 9.96. The van der Waals surface area contributed by atoms with Crippen molar-refractivity contribution in [3.05, 3.63) is 71.4 Å². The monoisotopic (exact) mass is 335 g/mol. The molecule has 2 aliphatic rings. The first-order valence-electron chi connectivity index (χ1n) is 7.99. The minimum absolute atomic E-state index is 0.0948. The summed E-state index contributed by atoms with van der Waals surface area (Å²) in [6, 6.07) is 15.3. The topological polar surface area (TPSA) is 72.9 Å². The van der Waals surface area contributed by atoms with Crippen molar-refractivity contribution < 1.29 is 14.7 Å². The Morgan fingerprint density at radius 1 is 1.08 bits per heavy atom. The molecule has 2 aliphatic heterocycles. The van der Waals surface area contributed by atoms with Crippen LogP contribution in [0.1, 0.15) is 11.6 Å². The second kappa shape index (κ2) is 5.66. The van der Waals surface area contributed by atoms with Crippen molar-refractivity contribution in [3.63, 3.8) is 0 Å². The number of rotatable bonds is 2. The Labute approximate surface area is 145 Å². The molecule has 6 heteroatoms. The van der Waals surface area contributed by atoms with Crippen LogP contribution in [0.3, 0.4) is 0 Å². The number of anilines is 1. The molecule has 126 valence electrons. The van der Waals surface area contributed by atoms with E-state index in [2.05, 4.69) is 5.32 Å². The summed E-state index contributed by atoms with van der Waals surface area (Å²) in [5, 5.41) is 12.6. The van der Waals surface area contributed by atoms with Gasteiger partial charge in [0.05, 0.1) is 23.9 Å². The molecule has 2 N–H and O–H groups in total. The van der Waals surface area contributed by atoms with Crippen LogP contribution in [-0.2, 0) is 4.79 Å². The highest BCUT2D eigenvalue weighted by molar-refractivity contribution is 6.11. The SMILES string of the molecule is CN1C(=O)N[C@H](c2ccccc2)C2=C1CN(c1cccc(O)c1)C2=O. The Hall–Kier alpha value is -3.28. The molecule has 0 fully saturated rings. The van der Waals surface area contributed by atoms with Crippen molar-refractivity contribution in [1.29, 1.82) is 0 Å². The summed E-state index contributed by atoms with van der Waals surface area (Å²) in [4.78, 5) is 28.5. The van der Waals surface area contributed by atoms with Crippen LogP contribution in [0.15, 0.2) is 65.9 Å². The number of likely N-dealkylation sites (N-methyl/N-ethyl adjacent to an activating group) is 1. The van der Waals surface area contributed by atoms with Crippen molar-refractivity contribution in [2.45, 2.75) is 6.04 Å². The van der Waals surface area contributed by atoms with Gasteiger partial charge in [-0.3, -0.25) is 9.69 Å². The van der Waals surface area contributed by atoms with Gasteiger partial charge in [-0.1, -0.05) is 36.4 Å². The van der Waals surface area contributed by atoms with Gasteiger partial charge in [-0.15, -0.1) is 0 Å². The van der Waals surface area contributed by atoms with Gasteiger partial charge in [-0.25, -0.2) is 4.79 Å². The summed E-state index contributed by atoms with van der Waals surface area (Å²) >= 11 is 0. The van der Waals surface area contributed by atoms with E-state index < -0.39 is 6.04 Å². The molecule has 4 rings (SSSR count). The third-order valence-electron chi connectivity index (χ3n) is 4.63. The zero-order chi connectivity index (χ0) is 17.6. The Morgan fingerprint density at radius 3 is 2.56 bits per heavy atom. The number of urea groups is 1. The summed E-state index contributed by atoms with van der Waals surface area (Å²) in [5.74, 6) is -0.0707. The van der Waals surface area contributed by atoms with Crippen molar-refractivity contribution in [2.24, 2.45) is 0 Å². The van der Waals surface area contributed by atoms with E-state index in [1.54, 1.807) is 36.2 Å². The van der Waals surface area contributed by atoms with Crippen molar-refractivity contribution >= 4 is 17.6 Å². The highest BCUT2D eigenvalue weighted by Gasteiger charge is 2.43. The summed E-state index contributed by atoms with van der Waals surface area (Å²) in [5.41, 5.74) is 2.72. The molecule has 0 saturated heterocycles. The smallest absolute Gasteiger partial charge is 0.322 e. The highest BCUT2D eigenvalue weighted by atomic mass is 16.3. The van der Waals surface area contributed by atoms with E-state index >= 15 is 0 Å². The molecular formula is C19H17N3O3. The molecule has 3 amide bonds. The Bertz CT molecular complexity index is 892. The zero-order valence-electron chi connectivity index (χ0n) is 13.6. The first kappa shape index (κ1) is 15.3. The lowest BCUT2D eigenvalue weighted by molar-refractivity contribution is -0.114. The second-order valence-corrected chi connectivity index (χ2v) is 6.12. The Balaban J connectivity index is 1.77. The lowest BCUT2D eigenvalue weighted by Crippen LogP contribution is -2.45. The molecule has 25 heavy (non-hydrogen) atoms. The van der Waals surface area contributed by atoms with Crippen molar-refractivity contribution in [2.75, 3.05) is 18.5 Å². The molecule has 2 aromatic rings. The lowest BCUT2D eigenvalue weighted by Gasteiger charge is -2.31. The predicted octanol–water partition coefficient (Wildman–Crippen LogP) is 2.39. The molecule has 6 nitrogen and oxygen atoms in total. The average Bonchev–Trinajstić information content (AvgIpc) is 2.97. The van der Waals surface area contributed by atoms with Gasteiger partial charge in [0.2, 0.25) is 0 Å². The maximum atomic E-state index is 13.1. The van der Waals surface area contributed by atoms with Gasteiger partial charge >= 0.3 is 6.03 Å². The van der Waals surface area contributed by atoms with Crippen LogP contribution in [-0.4, -0.2) is 35.5 Å². The summed E-state index contributed by atoms with van der Waals surface area (Å²) in [6.45, 7) is 0.297. The molecule has 0 saturated carbocycles. The molecule has 1 atom stereocenters. The molecule has 0 aromatic heterocycles. The fourth-order valence-electron chi connectivity index (χ4n) is 3.33. The minimum Gasteiger partial charge on any atom is -0.508 e. The van der Waals surface area contributed by atoms with E-state index in [-0.39, 0.29) is 17.7 Å². The van der Waals surface area contributed by atoms with E-state index in [0.29, 0.717) is 23.5 Å². The van der Waals surface area contributed by atoms with Crippen LogP contribution < -0.4 is 10.2 Å². The number of carbonyl (C=O) groups excluding carboxylic acids is 2. The number of carbonyl (C=O) groups is 2. The van der Waals surface area contributed by atoms with Crippen LogP contribution >= 0.6 is 0 Å². The molecule has 0 bridgehead atoms. The number of nitrogens with zero attached hydrogens (tertiary/aromatic N) is 2. The number of amides is 3. The number of benzene rings is 2. The highest BCUT2D eigenvalue weighted by Crippen LogP contribution is 2.37. The number of phenolic OH excluding ortho intramolecular Hbond substituents is 1. The van der Waals surface area contributed by atoms with Crippen molar-refractivity contribution in [1.82, 2.24) is 10.2 Å². The molecule has 2 heterocycles. The van der Waals surface area contributed by atoms with Gasteiger partial charge in [-0.05, 0) is 17.7 Å². The zero-order valence-corrected chi connectivity index (χ0v) is 13.6. The van der Waals surface area contributed by atoms with Crippen LogP contribution in [0.5, 0.6) is 5.75 Å². The van der Waals surface area contributed by atoms with E-state index in [0.717, 1.165) is 5.56 Å². The molecular weight excluding hydrogens is 318 g/mol. The quantitative estimate of drug-likeness (QED) is 0.885. The fourth-order valence-corrected chi connectivity index (χ4v) is 3.33. The Kier molecular flexibility index (Phi) is 3.46. The maximum absolute atomic E-state index is 13.1. The summed E-state index contributed by atoms with van der Waals surface area (Å²) in [7, 11) is 1.66. The largest absolute Gasteiger partial charge is 0.508 e. The number of phenols is 1. The molecule has 0 spiro atoms. The third-order valence-corrected chi connectivity index (χ3v) is 4.63. The summed E-state index contributed by atoms with van der Waals surface area (Å²) < 4.78 is 0. The van der Waals surface area contributed by atoms with Gasteiger partial charge < -0.3 is 15.3 Å². The van der Waals surface area contributed by atoms with Gasteiger partial charge in [0.15, 0.2) is 0 Å². The first-order valence-corrected chi connectivity index (χ1v) is 7.99. The summed E-state index contributed by atoms with van der Waals surface area (Å²) in [6.07, 6.45) is 0. The number of nitrogens with one attached hydrogen (secondary N) is 1. The minimum atomic E-state index is -0.477. The second-order valence-electron chi connectivity index (χ2n) is 6.12. The van der Waals surface area contributed by atoms with E-state index in [1.165, 1.54) is 4.90 Å². The average molecular weight is 335 g/mol. The van der Waals surface area contributed by atoms with Crippen LogP contribution in [0.25, 0.3) is 0 Å². The number of hydrogen-bond acceptors (Lipinski definition) is 3. The first-order chi connectivity index (χ1) is 12.1. The van der Waals surface area contributed by atoms with E-state index in [4.69, 9.17) is 0 Å². The van der Waals surface area contributed by atoms with E-state index in [1.807, 2.05) is 30.3 Å². The van der Waals surface area contributed by atoms with Crippen LogP contribution in [0.4, 0.5) is 10.5 Å². The van der Waals surface area contributed by atoms with Gasteiger partial charge in [0.1, 0.15) is 5.75 Å². The molecule has 0 radical (unpaired) electrons.